The van der Waals surface area contributed by atoms with Crippen LogP contribution in [-0.4, -0.2) is 24.8 Å². The number of aromatic amines is 1. The smallest absolute Gasteiger partial charge is 0.248 e. The average molecular weight is 365 g/mol. The number of pyridine rings is 1. The molecular weight excluding hydrogens is 342 g/mol. The Labute approximate surface area is 157 Å². The Bertz CT molecular complexity index is 981. The molecule has 3 aromatic rings. The van der Waals surface area contributed by atoms with Gasteiger partial charge in [0.15, 0.2) is 0 Å². The van der Waals surface area contributed by atoms with Crippen LogP contribution < -0.4 is 10.3 Å². The second kappa shape index (κ2) is 7.94. The quantitative estimate of drug-likeness (QED) is 0.743. The van der Waals surface area contributed by atoms with Crippen molar-refractivity contribution in [1.29, 1.82) is 0 Å². The minimum absolute atomic E-state index is 0.0643. The maximum absolute atomic E-state index is 11.5. The second-order valence-corrected chi connectivity index (χ2v) is 6.85. The molecule has 1 aromatic heterocycles. The van der Waals surface area contributed by atoms with Gasteiger partial charge in [-0.25, -0.2) is 0 Å². The maximum atomic E-state index is 11.5. The lowest BCUT2D eigenvalue weighted by atomic mass is 9.98. The summed E-state index contributed by atoms with van der Waals surface area (Å²) in [6.07, 6.45) is 2.14. The monoisotopic (exact) mass is 365 g/mol. The third kappa shape index (κ3) is 4.21. The molecular formula is C22H23NO4. The predicted octanol–water partition coefficient (Wildman–Crippen LogP) is 3.97. The maximum Gasteiger partial charge on any atom is 0.248 e. The first-order valence-corrected chi connectivity index (χ1v) is 9.20. The molecule has 2 atom stereocenters. The highest BCUT2D eigenvalue weighted by molar-refractivity contribution is 5.79. The van der Waals surface area contributed by atoms with Gasteiger partial charge in [-0.15, -0.1) is 0 Å². The van der Waals surface area contributed by atoms with Crippen LogP contribution >= 0.6 is 0 Å². The van der Waals surface area contributed by atoms with Crippen molar-refractivity contribution in [3.63, 3.8) is 0 Å². The largest absolute Gasteiger partial charge is 0.489 e. The van der Waals surface area contributed by atoms with Crippen molar-refractivity contribution in [2.45, 2.75) is 31.7 Å². The van der Waals surface area contributed by atoms with Gasteiger partial charge in [-0.1, -0.05) is 18.2 Å². The van der Waals surface area contributed by atoms with Crippen LogP contribution in [0.2, 0.25) is 0 Å². The van der Waals surface area contributed by atoms with Crippen molar-refractivity contribution in [1.82, 2.24) is 4.98 Å². The van der Waals surface area contributed by atoms with E-state index in [9.17, 15) is 4.79 Å². The molecule has 5 nitrogen and oxygen atoms in total. The van der Waals surface area contributed by atoms with Crippen molar-refractivity contribution in [2.24, 2.45) is 0 Å². The summed E-state index contributed by atoms with van der Waals surface area (Å²) in [5, 5.41) is 0.978. The zero-order valence-corrected chi connectivity index (χ0v) is 15.3. The number of H-pyrrole nitrogens is 1. The number of methoxy groups -OCH3 is 1. The summed E-state index contributed by atoms with van der Waals surface area (Å²) in [7, 11) is 1.76. The third-order valence-electron chi connectivity index (χ3n) is 4.99. The molecule has 4 rings (SSSR count). The molecule has 2 aromatic carbocycles. The fourth-order valence-corrected chi connectivity index (χ4v) is 3.48. The highest BCUT2D eigenvalue weighted by Crippen LogP contribution is 2.30. The number of nitrogens with one attached hydrogen (secondary N) is 1. The minimum atomic E-state index is -0.116. The third-order valence-corrected chi connectivity index (χ3v) is 4.99. The van der Waals surface area contributed by atoms with Crippen LogP contribution in [0, 0.1) is 0 Å². The van der Waals surface area contributed by atoms with Crippen LogP contribution in [0.15, 0.2) is 59.4 Å². The first kappa shape index (κ1) is 17.8. The lowest BCUT2D eigenvalue weighted by Gasteiger charge is -2.29. The van der Waals surface area contributed by atoms with Crippen LogP contribution in [0.1, 0.15) is 30.1 Å². The van der Waals surface area contributed by atoms with Crippen molar-refractivity contribution in [3.05, 3.63) is 76.1 Å². The average Bonchev–Trinajstić information content (AvgIpc) is 2.72. The van der Waals surface area contributed by atoms with Crippen molar-refractivity contribution in [2.75, 3.05) is 13.7 Å². The molecule has 2 heterocycles. The summed E-state index contributed by atoms with van der Waals surface area (Å²) < 4.78 is 17.3. The normalized spacial score (nSPS) is 19.9. The van der Waals surface area contributed by atoms with Crippen LogP contribution in [0.3, 0.4) is 0 Å². The zero-order valence-electron chi connectivity index (χ0n) is 15.3. The van der Waals surface area contributed by atoms with Gasteiger partial charge in [-0.2, -0.15) is 0 Å². The van der Waals surface area contributed by atoms with E-state index in [4.69, 9.17) is 14.2 Å². The fourth-order valence-electron chi connectivity index (χ4n) is 3.48. The Morgan fingerprint density at radius 3 is 2.93 bits per heavy atom. The SMILES string of the molecule is COC1CCOC(c2cccc(COc3ccc4ccc(=O)[nH]c4c3)c2)C1. The molecule has 1 fully saturated rings. The highest BCUT2D eigenvalue weighted by atomic mass is 16.5. The number of aromatic nitrogens is 1. The Hall–Kier alpha value is -2.63. The first-order chi connectivity index (χ1) is 13.2. The summed E-state index contributed by atoms with van der Waals surface area (Å²) in [4.78, 5) is 14.3. The Balaban J connectivity index is 1.46. The molecule has 1 aliphatic heterocycles. The van der Waals surface area contributed by atoms with Crippen molar-refractivity contribution < 1.29 is 14.2 Å². The molecule has 0 radical (unpaired) electrons. The first-order valence-electron chi connectivity index (χ1n) is 9.20. The topological polar surface area (TPSA) is 60.6 Å². The van der Waals surface area contributed by atoms with Crippen molar-refractivity contribution >= 4 is 10.9 Å². The molecule has 5 heteroatoms. The number of hydrogen-bond donors (Lipinski definition) is 1. The van der Waals surface area contributed by atoms with Gasteiger partial charge < -0.3 is 19.2 Å². The van der Waals surface area contributed by atoms with Crippen LogP contribution in [0.25, 0.3) is 10.9 Å². The molecule has 1 N–H and O–H groups in total. The lowest BCUT2D eigenvalue weighted by Crippen LogP contribution is -2.25. The molecule has 0 amide bonds. The van der Waals surface area contributed by atoms with Gasteiger partial charge in [-0.05, 0) is 47.2 Å². The van der Waals surface area contributed by atoms with E-state index in [0.717, 1.165) is 47.2 Å². The molecule has 0 saturated carbocycles. The van der Waals surface area contributed by atoms with E-state index in [2.05, 4.69) is 17.1 Å². The van der Waals surface area contributed by atoms with E-state index >= 15 is 0 Å². The molecule has 2 unspecified atom stereocenters. The van der Waals surface area contributed by atoms with Gasteiger partial charge >= 0.3 is 0 Å². The summed E-state index contributed by atoms with van der Waals surface area (Å²) in [5.41, 5.74) is 2.89. The molecule has 0 spiro atoms. The van der Waals surface area contributed by atoms with Gasteiger partial charge in [0, 0.05) is 32.3 Å². The molecule has 0 bridgehead atoms. The van der Waals surface area contributed by atoms with Crippen LogP contribution in [0.4, 0.5) is 0 Å². The Morgan fingerprint density at radius 2 is 2.04 bits per heavy atom. The second-order valence-electron chi connectivity index (χ2n) is 6.85. The van der Waals surface area contributed by atoms with E-state index in [1.54, 1.807) is 13.2 Å². The number of rotatable bonds is 5. The van der Waals surface area contributed by atoms with Gasteiger partial charge in [0.1, 0.15) is 12.4 Å². The zero-order chi connectivity index (χ0) is 18.6. The number of fused-ring (bicyclic) bond motifs is 1. The molecule has 1 saturated heterocycles. The standard InChI is InChI=1S/C22H23NO4/c1-25-18-9-10-26-21(13-18)17-4-2-3-15(11-17)14-27-19-7-5-16-6-8-22(24)23-20(16)12-19/h2-8,11-12,18,21H,9-10,13-14H2,1H3,(H,23,24). The number of benzene rings is 2. The Morgan fingerprint density at radius 1 is 1.15 bits per heavy atom. The lowest BCUT2D eigenvalue weighted by molar-refractivity contribution is -0.0599. The van der Waals surface area contributed by atoms with Gasteiger partial charge in [-0.3, -0.25) is 4.79 Å². The minimum Gasteiger partial charge on any atom is -0.489 e. The van der Waals surface area contributed by atoms with Gasteiger partial charge in [0.05, 0.1) is 17.7 Å². The summed E-state index contributed by atoms with van der Waals surface area (Å²) in [6.45, 7) is 1.18. The van der Waals surface area contributed by atoms with Gasteiger partial charge in [0.2, 0.25) is 5.56 Å². The summed E-state index contributed by atoms with van der Waals surface area (Å²) in [6, 6.07) is 17.3. The van der Waals surface area contributed by atoms with E-state index in [-0.39, 0.29) is 17.8 Å². The van der Waals surface area contributed by atoms with Crippen LogP contribution in [0.5, 0.6) is 5.75 Å². The van der Waals surface area contributed by atoms with E-state index in [1.807, 2.05) is 30.3 Å². The number of ether oxygens (including phenoxy) is 3. The number of hydrogen-bond acceptors (Lipinski definition) is 4. The summed E-state index contributed by atoms with van der Waals surface area (Å²) >= 11 is 0. The van der Waals surface area contributed by atoms with E-state index in [0.29, 0.717) is 6.61 Å². The van der Waals surface area contributed by atoms with E-state index in [1.165, 1.54) is 6.07 Å². The van der Waals surface area contributed by atoms with E-state index < -0.39 is 0 Å². The molecule has 0 aliphatic carbocycles. The van der Waals surface area contributed by atoms with Crippen molar-refractivity contribution in [3.8, 4) is 5.75 Å². The predicted molar refractivity (Wildman–Crippen MR) is 104 cm³/mol. The fraction of sp³-hybridized carbons (Fsp3) is 0.318. The van der Waals surface area contributed by atoms with Gasteiger partial charge in [0.25, 0.3) is 0 Å². The Kier molecular flexibility index (Phi) is 5.23. The molecule has 1 aliphatic rings. The molecule has 27 heavy (non-hydrogen) atoms. The highest BCUT2D eigenvalue weighted by Gasteiger charge is 2.23. The molecule has 140 valence electrons. The summed E-state index contributed by atoms with van der Waals surface area (Å²) in [5.74, 6) is 0.725. The van der Waals surface area contributed by atoms with Crippen LogP contribution in [-0.2, 0) is 16.1 Å².